The number of allylic oxidation sites excluding steroid dienone is 1. The first-order valence-corrected chi connectivity index (χ1v) is 11.6. The molecule has 0 amide bonds. The molecular weight excluding hydrogens is 496 g/mol. The molecule has 6 nitrogen and oxygen atoms in total. The summed E-state index contributed by atoms with van der Waals surface area (Å²) >= 11 is 3.52. The lowest BCUT2D eigenvalue weighted by Gasteiger charge is -2.25. The topological polar surface area (TPSA) is 52.5 Å². The Hall–Kier alpha value is -3.45. The number of anilines is 1. The molecule has 0 aliphatic carbocycles. The van der Waals surface area contributed by atoms with Crippen LogP contribution in [-0.2, 0) is 0 Å². The number of hydrogen-bond donors (Lipinski definition) is 0. The number of nitrogens with zero attached hydrogens (tertiary/aromatic N) is 2. The van der Waals surface area contributed by atoms with Crippen LogP contribution in [0.2, 0.25) is 0 Å². The van der Waals surface area contributed by atoms with Gasteiger partial charge in [0.05, 0.1) is 45.9 Å². The second-order valence-electron chi connectivity index (χ2n) is 7.68. The Bertz CT molecular complexity index is 1210. The highest BCUT2D eigenvalue weighted by molar-refractivity contribution is 9.10. The molecule has 34 heavy (non-hydrogen) atoms. The van der Waals surface area contributed by atoms with E-state index in [1.165, 1.54) is 0 Å². The van der Waals surface area contributed by atoms with Crippen LogP contribution in [0.5, 0.6) is 23.0 Å². The third-order valence-corrected chi connectivity index (χ3v) is 6.25. The molecule has 1 heterocycles. The maximum absolute atomic E-state index is 5.71. The largest absolute Gasteiger partial charge is 0.497 e. The number of rotatable bonds is 8. The first-order valence-electron chi connectivity index (χ1n) is 10.8. The van der Waals surface area contributed by atoms with Crippen LogP contribution in [0.15, 0.2) is 76.3 Å². The fourth-order valence-corrected chi connectivity index (χ4v) is 4.21. The van der Waals surface area contributed by atoms with Crippen molar-refractivity contribution in [1.82, 2.24) is 0 Å². The van der Waals surface area contributed by atoms with Crippen molar-refractivity contribution in [3.63, 3.8) is 0 Å². The average Bonchev–Trinajstić information content (AvgIpc) is 3.31. The average molecular weight is 523 g/mol. The van der Waals surface area contributed by atoms with Crippen LogP contribution in [0.4, 0.5) is 5.69 Å². The predicted molar refractivity (Wildman–Crippen MR) is 140 cm³/mol. The van der Waals surface area contributed by atoms with Gasteiger partial charge in [-0.2, -0.15) is 5.10 Å². The van der Waals surface area contributed by atoms with Gasteiger partial charge in [0.25, 0.3) is 0 Å². The van der Waals surface area contributed by atoms with Gasteiger partial charge in [-0.15, -0.1) is 0 Å². The zero-order chi connectivity index (χ0) is 24.1. The van der Waals surface area contributed by atoms with Crippen molar-refractivity contribution in [2.24, 2.45) is 5.10 Å². The number of ether oxygens (including phenoxy) is 4. The van der Waals surface area contributed by atoms with Gasteiger partial charge in [0, 0.05) is 34.2 Å². The minimum Gasteiger partial charge on any atom is -0.497 e. The molecule has 1 unspecified atom stereocenters. The molecule has 3 aromatic carbocycles. The maximum atomic E-state index is 5.71. The van der Waals surface area contributed by atoms with Gasteiger partial charge in [0.2, 0.25) is 0 Å². The second kappa shape index (κ2) is 10.7. The van der Waals surface area contributed by atoms with E-state index in [2.05, 4.69) is 28.1 Å². The van der Waals surface area contributed by atoms with Crippen molar-refractivity contribution in [3.8, 4) is 23.0 Å². The van der Waals surface area contributed by atoms with Gasteiger partial charge in [0.1, 0.15) is 23.0 Å². The number of benzene rings is 3. The highest BCUT2D eigenvalue weighted by Gasteiger charge is 2.30. The van der Waals surface area contributed by atoms with Crippen molar-refractivity contribution in [3.05, 3.63) is 82.3 Å². The zero-order valence-corrected chi connectivity index (χ0v) is 21.2. The van der Waals surface area contributed by atoms with E-state index < -0.39 is 0 Å². The minimum atomic E-state index is -0.0283. The molecule has 0 aromatic heterocycles. The fraction of sp³-hybridized carbons (Fsp3) is 0.222. The van der Waals surface area contributed by atoms with E-state index in [0.717, 1.165) is 50.0 Å². The van der Waals surface area contributed by atoms with Crippen LogP contribution in [0.1, 0.15) is 23.6 Å². The highest BCUT2D eigenvalue weighted by atomic mass is 79.9. The number of methoxy groups -OCH3 is 4. The van der Waals surface area contributed by atoms with Crippen LogP contribution >= 0.6 is 15.9 Å². The molecule has 1 aliphatic rings. The summed E-state index contributed by atoms with van der Waals surface area (Å²) in [7, 11) is 6.62. The summed E-state index contributed by atoms with van der Waals surface area (Å²) in [5.41, 5.74) is 3.94. The van der Waals surface area contributed by atoms with Gasteiger partial charge in [-0.1, -0.05) is 15.9 Å². The minimum absolute atomic E-state index is 0.0283. The fourth-order valence-electron chi connectivity index (χ4n) is 3.94. The van der Waals surface area contributed by atoms with E-state index in [1.54, 1.807) is 28.4 Å². The highest BCUT2D eigenvalue weighted by Crippen LogP contribution is 2.41. The van der Waals surface area contributed by atoms with Crippen molar-refractivity contribution in [2.45, 2.75) is 12.5 Å². The standard InChI is InChI=1S/C27H27BrN2O4/c1-31-22-12-6-18(26(16-22)33-3)5-9-20-15-25(24-14-13-23(32-2)17-27(24)34-4)30(29-20)21-10-7-19(28)8-11-21/h5-14,16-17,25H,15H2,1-4H3. The summed E-state index contributed by atoms with van der Waals surface area (Å²) in [4.78, 5) is 0. The SMILES string of the molecule is COc1ccc(C=CC2=NN(c3ccc(Br)cc3)C(c3ccc(OC)cc3OC)C2)c(OC)c1. The van der Waals surface area contributed by atoms with E-state index in [1.807, 2.05) is 65.7 Å². The third-order valence-electron chi connectivity index (χ3n) is 5.72. The third kappa shape index (κ3) is 5.04. The van der Waals surface area contributed by atoms with E-state index in [4.69, 9.17) is 24.0 Å². The van der Waals surface area contributed by atoms with Crippen LogP contribution in [-0.4, -0.2) is 34.2 Å². The summed E-state index contributed by atoms with van der Waals surface area (Å²) in [6, 6.07) is 19.8. The Morgan fingerprint density at radius 1 is 0.794 bits per heavy atom. The van der Waals surface area contributed by atoms with E-state index in [-0.39, 0.29) is 6.04 Å². The van der Waals surface area contributed by atoms with Crippen LogP contribution in [0.3, 0.4) is 0 Å². The van der Waals surface area contributed by atoms with Crippen molar-refractivity contribution >= 4 is 33.4 Å². The summed E-state index contributed by atoms with van der Waals surface area (Å²) in [5.74, 6) is 3.01. The molecule has 176 valence electrons. The van der Waals surface area contributed by atoms with Gasteiger partial charge in [-0.05, 0) is 60.7 Å². The number of hydrazone groups is 1. The predicted octanol–water partition coefficient (Wildman–Crippen LogP) is 6.50. The molecule has 4 rings (SSSR count). The van der Waals surface area contributed by atoms with Gasteiger partial charge >= 0.3 is 0 Å². The molecule has 1 aliphatic heterocycles. The Labute approximate surface area is 208 Å². The lowest BCUT2D eigenvalue weighted by Crippen LogP contribution is -2.19. The molecule has 3 aromatic rings. The number of halogens is 1. The van der Waals surface area contributed by atoms with E-state index >= 15 is 0 Å². The summed E-state index contributed by atoms with van der Waals surface area (Å²) in [6.07, 6.45) is 4.77. The molecule has 0 spiro atoms. The Morgan fingerprint density at radius 3 is 2.09 bits per heavy atom. The second-order valence-corrected chi connectivity index (χ2v) is 8.60. The summed E-state index contributed by atoms with van der Waals surface area (Å²) in [5, 5.41) is 7.01. The van der Waals surface area contributed by atoms with Crippen LogP contribution in [0, 0.1) is 0 Å². The lowest BCUT2D eigenvalue weighted by atomic mass is 9.99. The molecule has 0 bridgehead atoms. The first kappa shape index (κ1) is 23.7. The molecule has 0 N–H and O–H groups in total. The molecule has 0 saturated carbocycles. The Kier molecular flexibility index (Phi) is 7.43. The summed E-state index contributed by atoms with van der Waals surface area (Å²) < 4.78 is 23.0. The van der Waals surface area contributed by atoms with Gasteiger partial charge in [0.15, 0.2) is 0 Å². The van der Waals surface area contributed by atoms with Crippen molar-refractivity contribution in [2.75, 3.05) is 33.4 Å². The lowest BCUT2D eigenvalue weighted by molar-refractivity contribution is 0.388. The Morgan fingerprint density at radius 2 is 1.44 bits per heavy atom. The molecule has 0 saturated heterocycles. The zero-order valence-electron chi connectivity index (χ0n) is 19.6. The molecule has 0 radical (unpaired) electrons. The molecule has 1 atom stereocenters. The first-order chi connectivity index (χ1) is 16.6. The van der Waals surface area contributed by atoms with Crippen molar-refractivity contribution in [1.29, 1.82) is 0 Å². The number of hydrogen-bond acceptors (Lipinski definition) is 6. The van der Waals surface area contributed by atoms with E-state index in [0.29, 0.717) is 6.42 Å². The van der Waals surface area contributed by atoms with Crippen LogP contribution in [0.25, 0.3) is 6.08 Å². The van der Waals surface area contributed by atoms with Gasteiger partial charge < -0.3 is 18.9 Å². The normalized spacial score (nSPS) is 15.4. The van der Waals surface area contributed by atoms with Crippen LogP contribution < -0.4 is 24.0 Å². The quantitative estimate of drug-likeness (QED) is 0.337. The van der Waals surface area contributed by atoms with E-state index in [9.17, 15) is 0 Å². The molecule has 7 heteroatoms. The Balaban J connectivity index is 1.69. The monoisotopic (exact) mass is 522 g/mol. The maximum Gasteiger partial charge on any atom is 0.129 e. The van der Waals surface area contributed by atoms with Gasteiger partial charge in [-0.25, -0.2) is 0 Å². The summed E-state index contributed by atoms with van der Waals surface area (Å²) in [6.45, 7) is 0. The van der Waals surface area contributed by atoms with Crippen molar-refractivity contribution < 1.29 is 18.9 Å². The van der Waals surface area contributed by atoms with Gasteiger partial charge in [-0.3, -0.25) is 5.01 Å². The molecule has 0 fully saturated rings. The smallest absolute Gasteiger partial charge is 0.129 e. The molecular formula is C27H27BrN2O4.